The number of methoxy groups -OCH3 is 1. The van der Waals surface area contributed by atoms with Crippen LogP contribution in [0.2, 0.25) is 5.02 Å². The minimum atomic E-state index is -4.04. The van der Waals surface area contributed by atoms with Crippen LogP contribution in [0.3, 0.4) is 0 Å². The van der Waals surface area contributed by atoms with Gasteiger partial charge in [0.25, 0.3) is 15.9 Å². The van der Waals surface area contributed by atoms with E-state index >= 15 is 0 Å². The summed E-state index contributed by atoms with van der Waals surface area (Å²) >= 11 is 6.10. The third-order valence-corrected chi connectivity index (χ3v) is 6.36. The maximum absolute atomic E-state index is 13.4. The number of nitrogens with one attached hydrogen (secondary N) is 2. The summed E-state index contributed by atoms with van der Waals surface area (Å²) in [5.41, 5.74) is 1.63. The number of hydrogen-bond acceptors (Lipinski definition) is 4. The van der Waals surface area contributed by atoms with E-state index in [-0.39, 0.29) is 27.8 Å². The van der Waals surface area contributed by atoms with Gasteiger partial charge in [-0.1, -0.05) is 23.7 Å². The zero-order valence-electron chi connectivity index (χ0n) is 16.8. The van der Waals surface area contributed by atoms with Crippen molar-refractivity contribution in [3.8, 4) is 5.75 Å². The van der Waals surface area contributed by atoms with Gasteiger partial charge in [-0.2, -0.15) is 0 Å². The van der Waals surface area contributed by atoms with Crippen LogP contribution in [-0.4, -0.2) is 21.4 Å². The van der Waals surface area contributed by atoms with Crippen LogP contribution >= 0.6 is 11.6 Å². The molecule has 3 aromatic rings. The van der Waals surface area contributed by atoms with Crippen molar-refractivity contribution in [3.05, 3.63) is 88.2 Å². The summed E-state index contributed by atoms with van der Waals surface area (Å²) in [4.78, 5) is 12.3. The zero-order valence-corrected chi connectivity index (χ0v) is 18.4. The summed E-state index contributed by atoms with van der Waals surface area (Å²) in [5.74, 6) is -0.234. The summed E-state index contributed by atoms with van der Waals surface area (Å²) in [7, 11) is -2.53. The Bertz CT molecular complexity index is 1210. The van der Waals surface area contributed by atoms with E-state index in [4.69, 9.17) is 16.3 Å². The third-order valence-electron chi connectivity index (χ3n) is 4.50. The van der Waals surface area contributed by atoms with E-state index in [2.05, 4.69) is 10.0 Å². The van der Waals surface area contributed by atoms with Crippen LogP contribution in [0.15, 0.2) is 65.6 Å². The lowest BCUT2D eigenvalue weighted by atomic mass is 10.1. The quantitative estimate of drug-likeness (QED) is 0.540. The summed E-state index contributed by atoms with van der Waals surface area (Å²) in [6.45, 7) is 1.79. The number of sulfonamides is 1. The Morgan fingerprint density at radius 1 is 1.06 bits per heavy atom. The molecule has 0 saturated carbocycles. The molecule has 0 aliphatic heterocycles. The van der Waals surface area contributed by atoms with Gasteiger partial charge in [0.15, 0.2) is 0 Å². The lowest BCUT2D eigenvalue weighted by Crippen LogP contribution is -2.23. The Morgan fingerprint density at radius 3 is 2.42 bits per heavy atom. The number of rotatable bonds is 7. The average molecular weight is 463 g/mol. The highest BCUT2D eigenvalue weighted by atomic mass is 35.5. The Labute approximate surface area is 185 Å². The van der Waals surface area contributed by atoms with Gasteiger partial charge in [0, 0.05) is 17.8 Å². The lowest BCUT2D eigenvalue weighted by Gasteiger charge is -2.12. The topological polar surface area (TPSA) is 84.5 Å². The predicted octanol–water partition coefficient (Wildman–Crippen LogP) is 4.53. The van der Waals surface area contributed by atoms with Crippen molar-refractivity contribution in [1.82, 2.24) is 5.32 Å². The van der Waals surface area contributed by atoms with E-state index in [0.717, 1.165) is 5.56 Å². The van der Waals surface area contributed by atoms with Crippen molar-refractivity contribution in [2.24, 2.45) is 0 Å². The van der Waals surface area contributed by atoms with Crippen LogP contribution in [0.25, 0.3) is 0 Å². The molecule has 0 unspecified atom stereocenters. The molecular weight excluding hydrogens is 443 g/mol. The van der Waals surface area contributed by atoms with E-state index in [1.807, 2.05) is 0 Å². The van der Waals surface area contributed by atoms with E-state index in [0.29, 0.717) is 17.0 Å². The standard InChI is InChI=1S/C22H20ClFN2O4S/c1-14-11-15(3-10-20(14)24)13-25-22(27)16-4-9-19(23)21(12-16)31(28,29)26-17-5-7-18(30-2)8-6-17/h3-12,26H,13H2,1-2H3,(H,25,27). The zero-order chi connectivity index (χ0) is 22.6. The lowest BCUT2D eigenvalue weighted by molar-refractivity contribution is 0.0950. The Morgan fingerprint density at radius 2 is 1.77 bits per heavy atom. The molecule has 0 saturated heterocycles. The molecule has 2 N–H and O–H groups in total. The second-order valence-electron chi connectivity index (χ2n) is 6.75. The van der Waals surface area contributed by atoms with Gasteiger partial charge in [-0.3, -0.25) is 9.52 Å². The van der Waals surface area contributed by atoms with Gasteiger partial charge in [0.05, 0.1) is 12.1 Å². The number of ether oxygens (including phenoxy) is 1. The number of amides is 1. The van der Waals surface area contributed by atoms with Crippen LogP contribution in [0.5, 0.6) is 5.75 Å². The molecule has 6 nitrogen and oxygen atoms in total. The maximum atomic E-state index is 13.4. The van der Waals surface area contributed by atoms with Gasteiger partial charge in [-0.25, -0.2) is 12.8 Å². The first kappa shape index (κ1) is 22.6. The smallest absolute Gasteiger partial charge is 0.263 e. The number of carbonyl (C=O) groups is 1. The molecule has 0 atom stereocenters. The Balaban J connectivity index is 1.77. The number of hydrogen-bond donors (Lipinski definition) is 2. The molecule has 0 fully saturated rings. The molecule has 0 aromatic heterocycles. The molecule has 0 aliphatic rings. The Kier molecular flexibility index (Phi) is 6.82. The number of anilines is 1. The van der Waals surface area contributed by atoms with Crippen molar-refractivity contribution in [3.63, 3.8) is 0 Å². The van der Waals surface area contributed by atoms with Gasteiger partial charge >= 0.3 is 0 Å². The molecule has 0 spiro atoms. The van der Waals surface area contributed by atoms with Crippen molar-refractivity contribution in [2.45, 2.75) is 18.4 Å². The van der Waals surface area contributed by atoms with Gasteiger partial charge < -0.3 is 10.1 Å². The van der Waals surface area contributed by atoms with E-state index < -0.39 is 15.9 Å². The van der Waals surface area contributed by atoms with Gasteiger partial charge in [-0.05, 0) is 66.6 Å². The molecule has 3 aromatic carbocycles. The summed E-state index contributed by atoms with van der Waals surface area (Å²) in [6, 6.07) is 14.8. The highest BCUT2D eigenvalue weighted by Crippen LogP contribution is 2.26. The molecule has 162 valence electrons. The fraction of sp³-hybridized carbons (Fsp3) is 0.136. The molecule has 0 radical (unpaired) electrons. The van der Waals surface area contributed by atoms with Gasteiger partial charge in [0.1, 0.15) is 16.5 Å². The molecule has 0 aliphatic carbocycles. The summed E-state index contributed by atoms with van der Waals surface area (Å²) < 4.78 is 46.5. The molecule has 31 heavy (non-hydrogen) atoms. The first-order chi connectivity index (χ1) is 14.7. The summed E-state index contributed by atoms with van der Waals surface area (Å²) in [6.07, 6.45) is 0. The molecular formula is C22H20ClFN2O4S. The molecule has 3 rings (SSSR count). The highest BCUT2D eigenvalue weighted by Gasteiger charge is 2.20. The minimum absolute atomic E-state index is 0.0216. The highest BCUT2D eigenvalue weighted by molar-refractivity contribution is 7.92. The van der Waals surface area contributed by atoms with Crippen LogP contribution in [-0.2, 0) is 16.6 Å². The molecule has 1 amide bonds. The van der Waals surface area contributed by atoms with Crippen LogP contribution in [0.1, 0.15) is 21.5 Å². The SMILES string of the molecule is COc1ccc(NS(=O)(=O)c2cc(C(=O)NCc3ccc(F)c(C)c3)ccc2Cl)cc1. The molecule has 0 heterocycles. The van der Waals surface area contributed by atoms with E-state index in [1.54, 1.807) is 43.3 Å². The number of benzene rings is 3. The average Bonchev–Trinajstić information content (AvgIpc) is 2.74. The van der Waals surface area contributed by atoms with Gasteiger partial charge in [0.2, 0.25) is 0 Å². The van der Waals surface area contributed by atoms with Gasteiger partial charge in [-0.15, -0.1) is 0 Å². The normalized spacial score (nSPS) is 11.1. The second-order valence-corrected chi connectivity index (χ2v) is 8.80. The minimum Gasteiger partial charge on any atom is -0.497 e. The first-order valence-corrected chi connectivity index (χ1v) is 11.1. The van der Waals surface area contributed by atoms with E-state index in [1.165, 1.54) is 31.4 Å². The molecule has 0 bridgehead atoms. The summed E-state index contributed by atoms with van der Waals surface area (Å²) in [5, 5.41) is 2.67. The maximum Gasteiger partial charge on any atom is 0.263 e. The predicted molar refractivity (Wildman–Crippen MR) is 118 cm³/mol. The third kappa shape index (κ3) is 5.53. The fourth-order valence-corrected chi connectivity index (χ4v) is 4.41. The van der Waals surface area contributed by atoms with Crippen LogP contribution < -0.4 is 14.8 Å². The molecule has 9 heteroatoms. The monoisotopic (exact) mass is 462 g/mol. The number of halogens is 2. The number of aryl methyl sites for hydroxylation is 1. The van der Waals surface area contributed by atoms with Crippen molar-refractivity contribution in [2.75, 3.05) is 11.8 Å². The van der Waals surface area contributed by atoms with Crippen LogP contribution in [0.4, 0.5) is 10.1 Å². The van der Waals surface area contributed by atoms with Crippen molar-refractivity contribution >= 4 is 33.2 Å². The van der Waals surface area contributed by atoms with Crippen molar-refractivity contribution in [1.29, 1.82) is 0 Å². The largest absolute Gasteiger partial charge is 0.497 e. The first-order valence-electron chi connectivity index (χ1n) is 9.19. The second kappa shape index (κ2) is 9.36. The van der Waals surface area contributed by atoms with E-state index in [9.17, 15) is 17.6 Å². The number of carbonyl (C=O) groups excluding carboxylic acids is 1. The van der Waals surface area contributed by atoms with Crippen LogP contribution in [0, 0.1) is 12.7 Å². The van der Waals surface area contributed by atoms with Crippen molar-refractivity contribution < 1.29 is 22.3 Å². The Hall–Kier alpha value is -3.10. The fourth-order valence-electron chi connectivity index (χ4n) is 2.82.